The molecule has 0 saturated heterocycles. The second-order valence-corrected chi connectivity index (χ2v) is 2.67. The number of ketones is 1. The van der Waals surface area contributed by atoms with Crippen molar-refractivity contribution in [2.75, 3.05) is 0 Å². The zero-order valence-electron chi connectivity index (χ0n) is 8.39. The number of nitrogens with zero attached hydrogens (tertiary/aromatic N) is 1. The number of rotatable bonds is 4. The predicted octanol–water partition coefficient (Wildman–Crippen LogP) is 3.08. The molecule has 2 heteroatoms. The first kappa shape index (κ1) is 13.7. The highest BCUT2D eigenvalue weighted by Crippen LogP contribution is 1.95. The van der Waals surface area contributed by atoms with Crippen LogP contribution < -0.4 is 0 Å². The highest BCUT2D eigenvalue weighted by Gasteiger charge is 1.79. The van der Waals surface area contributed by atoms with E-state index in [2.05, 4.69) is 13.0 Å². The van der Waals surface area contributed by atoms with Crippen LogP contribution in [-0.4, -0.2) is 5.78 Å². The van der Waals surface area contributed by atoms with Crippen molar-refractivity contribution in [3.8, 4) is 6.07 Å². The highest BCUT2D eigenvalue weighted by molar-refractivity contribution is 5.74. The van der Waals surface area contributed by atoms with Gasteiger partial charge in [0.05, 0.1) is 6.07 Å². The zero-order chi connectivity index (χ0) is 9.82. The number of Topliss-reactive ketones (excluding diaryl/α,β-unsaturated/α-hetero) is 1. The third kappa shape index (κ3) is 22.9. The second-order valence-electron chi connectivity index (χ2n) is 2.67. The first-order valence-corrected chi connectivity index (χ1v) is 4.55. The van der Waals surface area contributed by atoms with Crippen molar-refractivity contribution in [1.29, 1.82) is 5.26 Å². The van der Waals surface area contributed by atoms with Crippen LogP contribution in [0.25, 0.3) is 0 Å². The average Bonchev–Trinajstić information content (AvgIpc) is 2.07. The summed E-state index contributed by atoms with van der Waals surface area (Å²) >= 11 is 0. The van der Waals surface area contributed by atoms with E-state index in [9.17, 15) is 4.79 Å². The zero-order valence-corrected chi connectivity index (χ0v) is 8.39. The maximum absolute atomic E-state index is 9.81. The van der Waals surface area contributed by atoms with E-state index in [4.69, 9.17) is 5.26 Å². The van der Waals surface area contributed by atoms with Gasteiger partial charge in [0.2, 0.25) is 0 Å². The van der Waals surface area contributed by atoms with E-state index in [1.807, 2.05) is 6.92 Å². The normalized spacial score (nSPS) is 7.83. The number of unbranched alkanes of at least 4 members (excludes halogenated alkanes) is 3. The minimum absolute atomic E-state index is 0.255. The van der Waals surface area contributed by atoms with Crippen LogP contribution in [0, 0.1) is 11.3 Å². The van der Waals surface area contributed by atoms with Crippen LogP contribution in [0.1, 0.15) is 52.9 Å². The molecule has 0 rings (SSSR count). The Balaban J connectivity index is 0. The van der Waals surface area contributed by atoms with Gasteiger partial charge in [-0.3, -0.25) is 0 Å². The lowest BCUT2D eigenvalue weighted by molar-refractivity contribution is -0.116. The van der Waals surface area contributed by atoms with Gasteiger partial charge in [-0.25, -0.2) is 0 Å². The summed E-state index contributed by atoms with van der Waals surface area (Å²) in [6.07, 6.45) is 4.88. The summed E-state index contributed by atoms with van der Waals surface area (Å²) in [7, 11) is 0. The molecule has 0 saturated carbocycles. The van der Waals surface area contributed by atoms with Gasteiger partial charge in [0.1, 0.15) is 5.78 Å². The van der Waals surface area contributed by atoms with Gasteiger partial charge >= 0.3 is 0 Å². The average molecular weight is 169 g/mol. The lowest BCUT2D eigenvalue weighted by Gasteiger charge is -1.84. The number of carbonyl (C=O) groups is 1. The Morgan fingerprint density at radius 1 is 1.33 bits per heavy atom. The molecular weight excluding hydrogens is 150 g/mol. The van der Waals surface area contributed by atoms with Crippen molar-refractivity contribution in [1.82, 2.24) is 0 Å². The molecule has 70 valence electrons. The molecule has 2 nitrogen and oxygen atoms in total. The minimum Gasteiger partial charge on any atom is -0.300 e. The van der Waals surface area contributed by atoms with Gasteiger partial charge < -0.3 is 4.79 Å². The molecule has 0 aliphatic heterocycles. The number of hydrogen-bond donors (Lipinski definition) is 0. The molecule has 0 atom stereocenters. The summed E-state index contributed by atoms with van der Waals surface area (Å²) in [5.41, 5.74) is 0. The van der Waals surface area contributed by atoms with Gasteiger partial charge in [0.25, 0.3) is 0 Å². The van der Waals surface area contributed by atoms with Crippen LogP contribution in [0.5, 0.6) is 0 Å². The molecular formula is C10H19NO. The SMILES string of the molecule is CCC(C)=O.CCCCCC#N. The monoisotopic (exact) mass is 169 g/mol. The summed E-state index contributed by atoms with van der Waals surface area (Å²) in [5.74, 6) is 0.255. The van der Waals surface area contributed by atoms with E-state index in [1.54, 1.807) is 6.92 Å². The Kier molecular flexibility index (Phi) is 14.6. The second kappa shape index (κ2) is 12.8. The maximum atomic E-state index is 9.81. The minimum atomic E-state index is 0.255. The van der Waals surface area contributed by atoms with Crippen molar-refractivity contribution in [3.05, 3.63) is 0 Å². The largest absolute Gasteiger partial charge is 0.300 e. The molecule has 0 aliphatic rings. The molecule has 0 fully saturated rings. The first-order valence-electron chi connectivity index (χ1n) is 4.55. The van der Waals surface area contributed by atoms with Crippen molar-refractivity contribution >= 4 is 5.78 Å². The lowest BCUT2D eigenvalue weighted by Crippen LogP contribution is -1.80. The van der Waals surface area contributed by atoms with E-state index >= 15 is 0 Å². The summed E-state index contributed by atoms with van der Waals surface area (Å²) in [4.78, 5) is 9.81. The number of hydrogen-bond acceptors (Lipinski definition) is 2. The quantitative estimate of drug-likeness (QED) is 0.607. The molecule has 0 heterocycles. The van der Waals surface area contributed by atoms with Crippen LogP contribution in [0.15, 0.2) is 0 Å². The van der Waals surface area contributed by atoms with Gasteiger partial charge in [-0.2, -0.15) is 5.26 Å². The van der Waals surface area contributed by atoms with Crippen molar-refractivity contribution in [3.63, 3.8) is 0 Å². The fraction of sp³-hybridized carbons (Fsp3) is 0.800. The summed E-state index contributed by atoms with van der Waals surface area (Å²) in [6.45, 7) is 5.57. The third-order valence-corrected chi connectivity index (χ3v) is 1.39. The Hall–Kier alpha value is -0.840. The molecule has 0 radical (unpaired) electrons. The standard InChI is InChI=1S/C6H11N.C4H8O/c1-2-3-4-5-6-7;1-3-4(2)5/h2-5H2,1H3;3H2,1-2H3. The molecule has 0 spiro atoms. The Morgan fingerprint density at radius 2 is 1.83 bits per heavy atom. The number of nitriles is 1. The molecule has 0 aromatic carbocycles. The molecule has 0 aliphatic carbocycles. The molecule has 12 heavy (non-hydrogen) atoms. The van der Waals surface area contributed by atoms with Crippen LogP contribution >= 0.6 is 0 Å². The van der Waals surface area contributed by atoms with Gasteiger partial charge in [-0.15, -0.1) is 0 Å². The fourth-order valence-electron chi connectivity index (χ4n) is 0.454. The van der Waals surface area contributed by atoms with Gasteiger partial charge in [-0.1, -0.05) is 26.7 Å². The van der Waals surface area contributed by atoms with E-state index in [-0.39, 0.29) is 5.78 Å². The van der Waals surface area contributed by atoms with Crippen LogP contribution in [-0.2, 0) is 4.79 Å². The predicted molar refractivity (Wildman–Crippen MR) is 50.7 cm³/mol. The van der Waals surface area contributed by atoms with Crippen molar-refractivity contribution in [2.45, 2.75) is 52.9 Å². The van der Waals surface area contributed by atoms with Gasteiger partial charge in [0.15, 0.2) is 0 Å². The van der Waals surface area contributed by atoms with Crippen molar-refractivity contribution in [2.24, 2.45) is 0 Å². The van der Waals surface area contributed by atoms with Crippen molar-refractivity contribution < 1.29 is 4.79 Å². The topological polar surface area (TPSA) is 40.9 Å². The van der Waals surface area contributed by atoms with E-state index < -0.39 is 0 Å². The lowest BCUT2D eigenvalue weighted by atomic mass is 10.2. The fourth-order valence-corrected chi connectivity index (χ4v) is 0.454. The maximum Gasteiger partial charge on any atom is 0.129 e. The summed E-state index contributed by atoms with van der Waals surface area (Å²) in [6, 6.07) is 2.10. The Morgan fingerprint density at radius 3 is 2.08 bits per heavy atom. The summed E-state index contributed by atoms with van der Waals surface area (Å²) < 4.78 is 0. The Bertz CT molecular complexity index is 135. The molecule has 0 bridgehead atoms. The number of carbonyl (C=O) groups excluding carboxylic acids is 1. The molecule has 0 aromatic heterocycles. The van der Waals surface area contributed by atoms with Gasteiger partial charge in [0, 0.05) is 12.8 Å². The van der Waals surface area contributed by atoms with Gasteiger partial charge in [-0.05, 0) is 13.3 Å². The van der Waals surface area contributed by atoms with E-state index in [0.717, 1.165) is 12.8 Å². The van der Waals surface area contributed by atoms with Crippen LogP contribution in [0.2, 0.25) is 0 Å². The summed E-state index contributed by atoms with van der Waals surface area (Å²) in [5, 5.41) is 8.04. The molecule has 0 unspecified atom stereocenters. The van der Waals surface area contributed by atoms with E-state index in [1.165, 1.54) is 12.8 Å². The van der Waals surface area contributed by atoms with Crippen LogP contribution in [0.3, 0.4) is 0 Å². The third-order valence-electron chi connectivity index (χ3n) is 1.39. The van der Waals surface area contributed by atoms with Crippen LogP contribution in [0.4, 0.5) is 0 Å². The smallest absolute Gasteiger partial charge is 0.129 e. The molecule has 0 aromatic rings. The highest BCUT2D eigenvalue weighted by atomic mass is 16.1. The molecule has 0 N–H and O–H groups in total. The van der Waals surface area contributed by atoms with E-state index in [0.29, 0.717) is 6.42 Å². The Labute approximate surface area is 75.6 Å². The first-order chi connectivity index (χ1) is 5.68. The molecule has 0 amide bonds.